The van der Waals surface area contributed by atoms with Gasteiger partial charge in [0.05, 0.1) is 6.61 Å². The fourth-order valence-electron chi connectivity index (χ4n) is 2.42. The van der Waals surface area contributed by atoms with Crippen LogP contribution in [0.3, 0.4) is 0 Å². The number of hydrogen-bond acceptors (Lipinski definition) is 6. The van der Waals surface area contributed by atoms with Gasteiger partial charge in [0.25, 0.3) is 5.91 Å². The first-order valence-corrected chi connectivity index (χ1v) is 8.25. The number of carbonyl (C=O) groups excluding carboxylic acids is 1. The fraction of sp³-hybridized carbons (Fsp3) is 0.471. The lowest BCUT2D eigenvalue weighted by Crippen LogP contribution is -2.12. The summed E-state index contributed by atoms with van der Waals surface area (Å²) in [6.45, 7) is 3.43. The number of rotatable bonds is 7. The number of nitrogens with zero attached hydrogens (tertiary/aromatic N) is 2. The van der Waals surface area contributed by atoms with E-state index in [0.717, 1.165) is 25.7 Å². The van der Waals surface area contributed by atoms with E-state index in [1.807, 2.05) is 6.07 Å². The minimum Gasteiger partial charge on any atom is -0.494 e. The highest BCUT2D eigenvalue weighted by atomic mass is 16.5. The Morgan fingerprint density at radius 3 is 3.12 bits per heavy atom. The van der Waals surface area contributed by atoms with Crippen LogP contribution in [0.2, 0.25) is 0 Å². The summed E-state index contributed by atoms with van der Waals surface area (Å²) >= 11 is 0. The van der Waals surface area contributed by atoms with Gasteiger partial charge in [-0.2, -0.15) is 0 Å². The van der Waals surface area contributed by atoms with Crippen molar-refractivity contribution in [3.63, 3.8) is 0 Å². The number of carbonyl (C=O) groups is 1. The van der Waals surface area contributed by atoms with Gasteiger partial charge in [0.15, 0.2) is 0 Å². The minimum atomic E-state index is -0.321. The van der Waals surface area contributed by atoms with Crippen LogP contribution in [-0.4, -0.2) is 29.3 Å². The van der Waals surface area contributed by atoms with Crippen LogP contribution in [0.15, 0.2) is 28.7 Å². The average Bonchev–Trinajstić information content (AvgIpc) is 3.26. The maximum Gasteiger partial charge on any atom is 0.322 e. The Balaban J connectivity index is 1.61. The molecule has 1 aromatic carbocycles. The topological polar surface area (TPSA) is 86.5 Å². The van der Waals surface area contributed by atoms with Crippen molar-refractivity contribution in [1.29, 1.82) is 0 Å². The minimum absolute atomic E-state index is 0.0720. The largest absolute Gasteiger partial charge is 0.494 e. The van der Waals surface area contributed by atoms with E-state index in [4.69, 9.17) is 13.9 Å². The summed E-state index contributed by atoms with van der Waals surface area (Å²) in [4.78, 5) is 12.3. The van der Waals surface area contributed by atoms with Gasteiger partial charge in [0, 0.05) is 12.2 Å². The van der Waals surface area contributed by atoms with Gasteiger partial charge >= 0.3 is 6.01 Å². The average molecular weight is 331 g/mol. The third kappa shape index (κ3) is 4.11. The molecule has 1 atom stereocenters. The van der Waals surface area contributed by atoms with Gasteiger partial charge < -0.3 is 13.9 Å². The van der Waals surface area contributed by atoms with E-state index in [1.54, 1.807) is 18.2 Å². The van der Waals surface area contributed by atoms with E-state index in [1.165, 1.54) is 0 Å². The molecule has 0 radical (unpaired) electrons. The Bertz CT molecular complexity index is 680. The fourth-order valence-corrected chi connectivity index (χ4v) is 2.42. The smallest absolute Gasteiger partial charge is 0.322 e. The summed E-state index contributed by atoms with van der Waals surface area (Å²) in [6, 6.07) is 7.08. The molecule has 7 nitrogen and oxygen atoms in total. The zero-order valence-corrected chi connectivity index (χ0v) is 13.7. The van der Waals surface area contributed by atoms with Crippen LogP contribution in [0.1, 0.15) is 55.0 Å². The molecule has 2 heterocycles. The third-order valence-corrected chi connectivity index (χ3v) is 3.73. The molecule has 0 aliphatic carbocycles. The quantitative estimate of drug-likeness (QED) is 0.783. The molecule has 1 unspecified atom stereocenters. The predicted molar refractivity (Wildman–Crippen MR) is 87.0 cm³/mol. The molecule has 2 aromatic rings. The molecular formula is C17H21N3O4. The van der Waals surface area contributed by atoms with Crippen LogP contribution in [0.5, 0.6) is 5.75 Å². The molecular weight excluding hydrogens is 310 g/mol. The number of unbranched alkanes of at least 4 members (excludes halogenated alkanes) is 1. The number of ether oxygens (including phenoxy) is 2. The molecule has 24 heavy (non-hydrogen) atoms. The van der Waals surface area contributed by atoms with Gasteiger partial charge in [-0.3, -0.25) is 10.1 Å². The van der Waals surface area contributed by atoms with Crippen molar-refractivity contribution in [3.8, 4) is 5.75 Å². The summed E-state index contributed by atoms with van der Waals surface area (Å²) in [6.07, 6.45) is 3.69. The van der Waals surface area contributed by atoms with Crippen molar-refractivity contribution >= 4 is 11.9 Å². The zero-order chi connectivity index (χ0) is 16.8. The first kappa shape index (κ1) is 16.4. The van der Waals surface area contributed by atoms with E-state index in [2.05, 4.69) is 22.4 Å². The van der Waals surface area contributed by atoms with E-state index < -0.39 is 0 Å². The Morgan fingerprint density at radius 2 is 2.33 bits per heavy atom. The van der Waals surface area contributed by atoms with Gasteiger partial charge in [0.1, 0.15) is 11.9 Å². The molecule has 1 aliphatic heterocycles. The SMILES string of the molecule is CCCCOc1cccc(C(=O)Nc2nnc(C3CCCO3)o2)c1. The lowest BCUT2D eigenvalue weighted by Gasteiger charge is -2.07. The molecule has 0 bridgehead atoms. The molecule has 1 N–H and O–H groups in total. The third-order valence-electron chi connectivity index (χ3n) is 3.73. The molecule has 1 amide bonds. The number of aromatic nitrogens is 2. The van der Waals surface area contributed by atoms with Crippen LogP contribution >= 0.6 is 0 Å². The Hall–Kier alpha value is -2.41. The highest BCUT2D eigenvalue weighted by Crippen LogP contribution is 2.28. The maximum atomic E-state index is 12.3. The number of benzene rings is 1. The van der Waals surface area contributed by atoms with Gasteiger partial charge in [-0.05, 0) is 37.5 Å². The molecule has 3 rings (SSSR count). The Kier molecular flexibility index (Phi) is 5.43. The lowest BCUT2D eigenvalue weighted by atomic mass is 10.2. The molecule has 7 heteroatoms. The lowest BCUT2D eigenvalue weighted by molar-refractivity contribution is 0.0893. The van der Waals surface area contributed by atoms with Crippen molar-refractivity contribution in [3.05, 3.63) is 35.7 Å². The van der Waals surface area contributed by atoms with Crippen molar-refractivity contribution in [2.24, 2.45) is 0 Å². The summed E-state index contributed by atoms with van der Waals surface area (Å²) < 4.78 is 16.5. The predicted octanol–water partition coefficient (Wildman–Crippen LogP) is 3.35. The normalized spacial score (nSPS) is 17.0. The molecule has 1 fully saturated rings. The molecule has 0 saturated carbocycles. The van der Waals surface area contributed by atoms with Crippen LogP contribution in [0.25, 0.3) is 0 Å². The van der Waals surface area contributed by atoms with Gasteiger partial charge in [0.2, 0.25) is 5.89 Å². The number of nitrogens with one attached hydrogen (secondary N) is 1. The van der Waals surface area contributed by atoms with Crippen LogP contribution in [-0.2, 0) is 4.74 Å². The number of amides is 1. The zero-order valence-electron chi connectivity index (χ0n) is 13.7. The highest BCUT2D eigenvalue weighted by molar-refractivity contribution is 6.03. The molecule has 1 aliphatic rings. The number of anilines is 1. The summed E-state index contributed by atoms with van der Waals surface area (Å²) in [5, 5.41) is 10.4. The second kappa shape index (κ2) is 7.92. The van der Waals surface area contributed by atoms with Crippen molar-refractivity contribution in [2.45, 2.75) is 38.7 Å². The Labute approximate surface area is 140 Å². The highest BCUT2D eigenvalue weighted by Gasteiger charge is 2.24. The first-order valence-electron chi connectivity index (χ1n) is 8.25. The monoisotopic (exact) mass is 331 g/mol. The van der Waals surface area contributed by atoms with E-state index in [-0.39, 0.29) is 18.0 Å². The second-order valence-corrected chi connectivity index (χ2v) is 5.63. The van der Waals surface area contributed by atoms with Crippen LogP contribution < -0.4 is 10.1 Å². The summed E-state index contributed by atoms with van der Waals surface area (Å²) in [7, 11) is 0. The van der Waals surface area contributed by atoms with E-state index in [0.29, 0.717) is 30.4 Å². The van der Waals surface area contributed by atoms with Gasteiger partial charge in [-0.25, -0.2) is 0 Å². The summed E-state index contributed by atoms with van der Waals surface area (Å²) in [5.74, 6) is 0.750. The van der Waals surface area contributed by atoms with E-state index >= 15 is 0 Å². The first-order chi connectivity index (χ1) is 11.8. The Morgan fingerprint density at radius 1 is 1.42 bits per heavy atom. The van der Waals surface area contributed by atoms with Crippen molar-refractivity contribution in [2.75, 3.05) is 18.5 Å². The second-order valence-electron chi connectivity index (χ2n) is 5.63. The van der Waals surface area contributed by atoms with E-state index in [9.17, 15) is 4.79 Å². The number of hydrogen-bond donors (Lipinski definition) is 1. The molecule has 128 valence electrons. The van der Waals surface area contributed by atoms with Crippen LogP contribution in [0.4, 0.5) is 6.01 Å². The van der Waals surface area contributed by atoms with Crippen LogP contribution in [0, 0.1) is 0 Å². The van der Waals surface area contributed by atoms with Crippen molar-refractivity contribution in [1.82, 2.24) is 10.2 Å². The summed E-state index contributed by atoms with van der Waals surface area (Å²) in [5.41, 5.74) is 0.473. The van der Waals surface area contributed by atoms with Gasteiger partial charge in [-0.15, -0.1) is 5.10 Å². The van der Waals surface area contributed by atoms with Gasteiger partial charge in [-0.1, -0.05) is 24.5 Å². The standard InChI is InChI=1S/C17H21N3O4/c1-2-3-9-22-13-7-4-6-12(11-13)15(21)18-17-20-19-16(24-17)14-8-5-10-23-14/h4,6-7,11,14H,2-3,5,8-10H2,1H3,(H,18,20,21). The molecule has 0 spiro atoms. The molecule has 1 aromatic heterocycles. The molecule has 1 saturated heterocycles. The maximum absolute atomic E-state index is 12.3. The van der Waals surface area contributed by atoms with Crippen molar-refractivity contribution < 1.29 is 18.7 Å².